The van der Waals surface area contributed by atoms with Crippen molar-refractivity contribution in [2.45, 2.75) is 19.8 Å². The number of rotatable bonds is 3. The maximum absolute atomic E-state index is 4.24. The van der Waals surface area contributed by atoms with Crippen LogP contribution in [-0.4, -0.2) is 22.2 Å². The predicted octanol–water partition coefficient (Wildman–Crippen LogP) is 4.23. The Bertz CT molecular complexity index is 535. The molecule has 1 aliphatic heterocycles. The number of hydrogen-bond acceptors (Lipinski definition) is 4. The van der Waals surface area contributed by atoms with E-state index in [-0.39, 0.29) is 20.4 Å². The van der Waals surface area contributed by atoms with Crippen LogP contribution in [-0.2, 0) is 20.4 Å². The standard InChI is InChI=1S/C13H12N3.C4H8S.Pd/c1-11(13-9-5-6-10-14-13)15-16-12-7-3-2-4-8-12;1-2-4-5-3-1;/h2-7,9-10,16H,1H3;1-4H2;/q-1;;+2/b15-11+;;. The molecule has 0 unspecified atom stereocenters. The molecule has 118 valence electrons. The number of benzene rings is 1. The van der Waals surface area contributed by atoms with Gasteiger partial charge in [-0.05, 0) is 43.4 Å². The summed E-state index contributed by atoms with van der Waals surface area (Å²) in [4.78, 5) is 4.21. The summed E-state index contributed by atoms with van der Waals surface area (Å²) in [5, 5.41) is 4.24. The smallest absolute Gasteiger partial charge is 0.303 e. The number of para-hydroxylation sites is 1. The summed E-state index contributed by atoms with van der Waals surface area (Å²) in [5.74, 6) is 2.83. The third-order valence-electron chi connectivity index (χ3n) is 2.92. The van der Waals surface area contributed by atoms with Gasteiger partial charge in [-0.1, -0.05) is 11.8 Å². The summed E-state index contributed by atoms with van der Waals surface area (Å²) in [6, 6.07) is 16.4. The molecule has 1 fully saturated rings. The summed E-state index contributed by atoms with van der Waals surface area (Å²) in [6.45, 7) is 1.91. The minimum atomic E-state index is 0. The first kappa shape index (κ1) is 18.9. The molecule has 0 saturated carbocycles. The number of nitrogens with one attached hydrogen (secondary N) is 1. The molecule has 1 aliphatic rings. The molecule has 1 N–H and O–H groups in total. The van der Waals surface area contributed by atoms with Crippen molar-refractivity contribution in [3.05, 3.63) is 60.4 Å². The molecule has 0 radical (unpaired) electrons. The second kappa shape index (κ2) is 11.4. The van der Waals surface area contributed by atoms with Gasteiger partial charge in [0.05, 0.1) is 11.4 Å². The van der Waals surface area contributed by atoms with Gasteiger partial charge in [0, 0.05) is 6.20 Å². The number of nitrogens with zero attached hydrogens (tertiary/aromatic N) is 2. The molecular formula is C17H20N3PdS+. The van der Waals surface area contributed by atoms with Crippen LogP contribution < -0.4 is 5.43 Å². The summed E-state index contributed by atoms with van der Waals surface area (Å²) in [7, 11) is 0. The van der Waals surface area contributed by atoms with Crippen LogP contribution in [0.5, 0.6) is 0 Å². The number of pyridine rings is 1. The largest absolute Gasteiger partial charge is 2.00 e. The fraction of sp³-hybridized carbons (Fsp3) is 0.294. The first-order chi connectivity index (χ1) is 10.4. The van der Waals surface area contributed by atoms with E-state index in [1.165, 1.54) is 24.3 Å². The second-order valence-corrected chi connectivity index (χ2v) is 5.84. The number of aromatic nitrogens is 1. The molecule has 0 atom stereocenters. The normalized spacial score (nSPS) is 13.6. The predicted molar refractivity (Wildman–Crippen MR) is 91.9 cm³/mol. The zero-order valence-electron chi connectivity index (χ0n) is 12.6. The van der Waals surface area contributed by atoms with Crippen LogP contribution in [0, 0.1) is 6.07 Å². The van der Waals surface area contributed by atoms with Crippen LogP contribution in [0.3, 0.4) is 0 Å². The van der Waals surface area contributed by atoms with Crippen molar-refractivity contribution in [2.75, 3.05) is 16.9 Å². The van der Waals surface area contributed by atoms with Crippen LogP contribution >= 0.6 is 11.8 Å². The van der Waals surface area contributed by atoms with Gasteiger partial charge in [-0.2, -0.15) is 41.1 Å². The number of hydrogen-bond donors (Lipinski definition) is 1. The fourth-order valence-electron chi connectivity index (χ4n) is 1.75. The average molecular weight is 405 g/mol. The summed E-state index contributed by atoms with van der Waals surface area (Å²) >= 11 is 2.07. The second-order valence-electron chi connectivity index (χ2n) is 4.62. The molecular weight excluding hydrogens is 385 g/mol. The van der Waals surface area contributed by atoms with E-state index in [0.29, 0.717) is 0 Å². The molecule has 0 aliphatic carbocycles. The van der Waals surface area contributed by atoms with Gasteiger partial charge in [0.15, 0.2) is 0 Å². The Hall–Kier alpha value is -1.15. The van der Waals surface area contributed by atoms with Crippen molar-refractivity contribution in [3.8, 4) is 0 Å². The quantitative estimate of drug-likeness (QED) is 0.360. The molecule has 1 saturated heterocycles. The monoisotopic (exact) mass is 404 g/mol. The van der Waals surface area contributed by atoms with Crippen LogP contribution in [0.4, 0.5) is 5.69 Å². The van der Waals surface area contributed by atoms with E-state index in [2.05, 4.69) is 33.3 Å². The summed E-state index contributed by atoms with van der Waals surface area (Å²) in [5.41, 5.74) is 5.49. The van der Waals surface area contributed by atoms with Gasteiger partial charge >= 0.3 is 20.4 Å². The Labute approximate surface area is 150 Å². The van der Waals surface area contributed by atoms with Gasteiger partial charge in [0.1, 0.15) is 0 Å². The number of thioether (sulfide) groups is 1. The molecule has 5 heteroatoms. The van der Waals surface area contributed by atoms with Crippen LogP contribution in [0.15, 0.2) is 53.8 Å². The van der Waals surface area contributed by atoms with Gasteiger partial charge in [0.25, 0.3) is 0 Å². The average Bonchev–Trinajstić information content (AvgIpc) is 3.14. The SMILES string of the molecule is C/C(=N\Nc1[c-]cccc1)c1ccccn1.C1CCSC1.[Pd+2]. The Morgan fingerprint density at radius 2 is 1.95 bits per heavy atom. The zero-order valence-corrected chi connectivity index (χ0v) is 14.9. The minimum absolute atomic E-state index is 0. The minimum Gasteiger partial charge on any atom is -0.303 e. The van der Waals surface area contributed by atoms with E-state index >= 15 is 0 Å². The van der Waals surface area contributed by atoms with Gasteiger partial charge in [-0.3, -0.25) is 4.98 Å². The maximum Gasteiger partial charge on any atom is 2.00 e. The van der Waals surface area contributed by atoms with Crippen molar-refractivity contribution in [2.24, 2.45) is 5.10 Å². The first-order valence-electron chi connectivity index (χ1n) is 7.12. The van der Waals surface area contributed by atoms with Gasteiger partial charge < -0.3 is 5.43 Å². The van der Waals surface area contributed by atoms with E-state index in [1.807, 2.05) is 49.4 Å². The van der Waals surface area contributed by atoms with E-state index < -0.39 is 0 Å². The summed E-state index contributed by atoms with van der Waals surface area (Å²) < 4.78 is 0. The fourth-order valence-corrected chi connectivity index (χ4v) is 2.77. The Morgan fingerprint density at radius 3 is 2.50 bits per heavy atom. The third kappa shape index (κ3) is 7.22. The van der Waals surface area contributed by atoms with E-state index in [9.17, 15) is 0 Å². The van der Waals surface area contributed by atoms with E-state index in [4.69, 9.17) is 0 Å². The molecule has 3 rings (SSSR count). The van der Waals surface area contributed by atoms with Crippen molar-refractivity contribution < 1.29 is 20.4 Å². The summed E-state index contributed by atoms with van der Waals surface area (Å²) in [6.07, 6.45) is 4.68. The maximum atomic E-state index is 4.24. The molecule has 1 aromatic heterocycles. The third-order valence-corrected chi connectivity index (χ3v) is 4.07. The molecule has 2 heterocycles. The molecule has 22 heavy (non-hydrogen) atoms. The van der Waals surface area contributed by atoms with Crippen molar-refractivity contribution in [1.29, 1.82) is 0 Å². The Kier molecular flexibility index (Phi) is 9.81. The van der Waals surface area contributed by atoms with Crippen molar-refractivity contribution >= 4 is 23.2 Å². The molecule has 1 aromatic carbocycles. The van der Waals surface area contributed by atoms with Crippen molar-refractivity contribution in [1.82, 2.24) is 4.98 Å². The van der Waals surface area contributed by atoms with E-state index in [1.54, 1.807) is 6.20 Å². The van der Waals surface area contributed by atoms with Crippen LogP contribution in [0.1, 0.15) is 25.5 Å². The Balaban J connectivity index is 0.000000344. The molecule has 3 nitrogen and oxygen atoms in total. The number of hydrazone groups is 1. The topological polar surface area (TPSA) is 37.3 Å². The van der Waals surface area contributed by atoms with Gasteiger partial charge in [-0.25, -0.2) is 0 Å². The van der Waals surface area contributed by atoms with Crippen LogP contribution in [0.2, 0.25) is 0 Å². The van der Waals surface area contributed by atoms with E-state index in [0.717, 1.165) is 17.1 Å². The molecule has 0 spiro atoms. The zero-order chi connectivity index (χ0) is 14.8. The van der Waals surface area contributed by atoms with Gasteiger partial charge in [-0.15, -0.1) is 6.07 Å². The molecule has 0 amide bonds. The van der Waals surface area contributed by atoms with Crippen LogP contribution in [0.25, 0.3) is 0 Å². The Morgan fingerprint density at radius 1 is 1.18 bits per heavy atom. The molecule has 0 bridgehead atoms. The first-order valence-corrected chi connectivity index (χ1v) is 8.28. The van der Waals surface area contributed by atoms with Crippen molar-refractivity contribution in [3.63, 3.8) is 0 Å². The molecule has 2 aromatic rings. The number of anilines is 1. The van der Waals surface area contributed by atoms with Gasteiger partial charge in [0.2, 0.25) is 0 Å².